The van der Waals surface area contributed by atoms with Gasteiger partial charge in [-0.15, -0.1) is 0 Å². The number of aliphatic carboxylic acids is 1. The van der Waals surface area contributed by atoms with Crippen LogP contribution >= 0.6 is 0 Å². The van der Waals surface area contributed by atoms with E-state index in [0.29, 0.717) is 0 Å². The largest absolute Gasteiger partial charge is 0.479 e. The Kier molecular flexibility index (Phi) is 4.89. The Bertz CT molecular complexity index is 327. The number of carboxylic acids is 1. The van der Waals surface area contributed by atoms with Gasteiger partial charge in [0.2, 0.25) is 0 Å². The van der Waals surface area contributed by atoms with Gasteiger partial charge in [-0.3, -0.25) is 4.39 Å². The summed E-state index contributed by atoms with van der Waals surface area (Å²) in [5, 5.41) is 8.48. The first-order chi connectivity index (χ1) is 7.65. The lowest BCUT2D eigenvalue weighted by Crippen LogP contribution is -2.18. The minimum atomic E-state index is -1.93. The Hall–Kier alpha value is -1.45. The molecule has 0 aromatic heterocycles. The number of rotatable bonds is 6. The van der Waals surface area contributed by atoms with E-state index in [-0.39, 0.29) is 18.8 Å². The zero-order chi connectivity index (χ0) is 12.0. The van der Waals surface area contributed by atoms with E-state index in [2.05, 4.69) is 0 Å². The van der Waals surface area contributed by atoms with Crippen molar-refractivity contribution in [1.29, 1.82) is 0 Å². The SMILES string of the molecule is O=C(O)C(F)CC(CCF)c1ccccc1. The van der Waals surface area contributed by atoms with Crippen LogP contribution in [0.25, 0.3) is 0 Å². The van der Waals surface area contributed by atoms with Crippen molar-refractivity contribution in [3.63, 3.8) is 0 Å². The third-order valence-electron chi connectivity index (χ3n) is 2.49. The molecule has 1 N–H and O–H groups in total. The minimum absolute atomic E-state index is 0.151. The lowest BCUT2D eigenvalue weighted by Gasteiger charge is -2.16. The molecule has 1 aromatic carbocycles. The van der Waals surface area contributed by atoms with Crippen molar-refractivity contribution in [2.75, 3.05) is 6.67 Å². The Morgan fingerprint density at radius 3 is 2.44 bits per heavy atom. The van der Waals surface area contributed by atoms with Crippen molar-refractivity contribution in [3.05, 3.63) is 35.9 Å². The summed E-state index contributed by atoms with van der Waals surface area (Å²) in [4.78, 5) is 10.4. The van der Waals surface area contributed by atoms with Gasteiger partial charge in [0.15, 0.2) is 6.17 Å². The van der Waals surface area contributed by atoms with Crippen molar-refractivity contribution in [2.24, 2.45) is 0 Å². The highest BCUT2D eigenvalue weighted by molar-refractivity contribution is 5.72. The summed E-state index contributed by atoms with van der Waals surface area (Å²) in [6, 6.07) is 8.87. The van der Waals surface area contributed by atoms with E-state index in [9.17, 15) is 13.6 Å². The number of carboxylic acid groups (broad SMARTS) is 1. The van der Waals surface area contributed by atoms with Crippen LogP contribution in [0.1, 0.15) is 24.3 Å². The van der Waals surface area contributed by atoms with Gasteiger partial charge in [-0.25, -0.2) is 9.18 Å². The molecule has 2 atom stereocenters. The average molecular weight is 228 g/mol. The van der Waals surface area contributed by atoms with Gasteiger partial charge in [-0.1, -0.05) is 30.3 Å². The van der Waals surface area contributed by atoms with Crippen molar-refractivity contribution in [2.45, 2.75) is 24.9 Å². The molecule has 4 heteroatoms. The van der Waals surface area contributed by atoms with Crippen LogP contribution < -0.4 is 0 Å². The number of hydrogen-bond acceptors (Lipinski definition) is 1. The minimum Gasteiger partial charge on any atom is -0.479 e. The highest BCUT2D eigenvalue weighted by atomic mass is 19.1. The first-order valence-corrected chi connectivity index (χ1v) is 5.13. The van der Waals surface area contributed by atoms with Gasteiger partial charge in [0.25, 0.3) is 0 Å². The van der Waals surface area contributed by atoms with Gasteiger partial charge in [-0.05, 0) is 24.3 Å². The molecule has 0 aliphatic rings. The molecule has 0 heterocycles. The predicted octanol–water partition coefficient (Wildman–Crippen LogP) is 2.94. The molecule has 0 saturated carbocycles. The molecule has 2 nitrogen and oxygen atoms in total. The second-order valence-corrected chi connectivity index (χ2v) is 3.63. The van der Waals surface area contributed by atoms with Crippen LogP contribution in [0.3, 0.4) is 0 Å². The Morgan fingerprint density at radius 2 is 1.94 bits per heavy atom. The molecule has 16 heavy (non-hydrogen) atoms. The van der Waals surface area contributed by atoms with Crippen molar-refractivity contribution in [1.82, 2.24) is 0 Å². The molecule has 0 spiro atoms. The van der Waals surface area contributed by atoms with E-state index in [1.165, 1.54) is 0 Å². The summed E-state index contributed by atoms with van der Waals surface area (Å²) in [6.45, 7) is -0.577. The van der Waals surface area contributed by atoms with Crippen LogP contribution in [-0.2, 0) is 4.79 Å². The molecule has 1 aromatic rings. The maximum atomic E-state index is 13.1. The van der Waals surface area contributed by atoms with Crippen molar-refractivity contribution >= 4 is 5.97 Å². The van der Waals surface area contributed by atoms with Gasteiger partial charge in [0.05, 0.1) is 6.67 Å². The first kappa shape index (κ1) is 12.6. The van der Waals surface area contributed by atoms with E-state index in [0.717, 1.165) is 5.56 Å². The van der Waals surface area contributed by atoms with Crippen molar-refractivity contribution in [3.8, 4) is 0 Å². The molecule has 1 rings (SSSR count). The van der Waals surface area contributed by atoms with Crippen LogP contribution in [0.2, 0.25) is 0 Å². The Morgan fingerprint density at radius 1 is 1.31 bits per heavy atom. The Balaban J connectivity index is 2.72. The van der Waals surface area contributed by atoms with Crippen LogP contribution in [0.5, 0.6) is 0 Å². The highest BCUT2D eigenvalue weighted by Crippen LogP contribution is 2.26. The maximum Gasteiger partial charge on any atom is 0.338 e. The van der Waals surface area contributed by atoms with E-state index >= 15 is 0 Å². The highest BCUT2D eigenvalue weighted by Gasteiger charge is 2.22. The number of benzene rings is 1. The van der Waals surface area contributed by atoms with Crippen LogP contribution in [0, 0.1) is 0 Å². The molecule has 2 unspecified atom stereocenters. The molecule has 88 valence electrons. The fraction of sp³-hybridized carbons (Fsp3) is 0.417. The van der Waals surface area contributed by atoms with Crippen LogP contribution in [0.4, 0.5) is 8.78 Å². The number of hydrogen-bond donors (Lipinski definition) is 1. The summed E-state index contributed by atoms with van der Waals surface area (Å²) >= 11 is 0. The van der Waals surface area contributed by atoms with E-state index in [4.69, 9.17) is 5.11 Å². The van der Waals surface area contributed by atoms with Crippen LogP contribution in [0.15, 0.2) is 30.3 Å². The molecule has 0 bridgehead atoms. The normalized spacial score (nSPS) is 14.4. The zero-order valence-electron chi connectivity index (χ0n) is 8.77. The standard InChI is InChI=1S/C12H14F2O2/c13-7-6-10(8-11(14)12(15)16)9-4-2-1-3-5-9/h1-5,10-11H,6-8H2,(H,15,16). The molecule has 0 aliphatic heterocycles. The fourth-order valence-electron chi connectivity index (χ4n) is 1.63. The van der Waals surface area contributed by atoms with Crippen molar-refractivity contribution < 1.29 is 18.7 Å². The van der Waals surface area contributed by atoms with Gasteiger partial charge in [-0.2, -0.15) is 0 Å². The lowest BCUT2D eigenvalue weighted by atomic mass is 9.91. The monoisotopic (exact) mass is 228 g/mol. The van der Waals surface area contributed by atoms with E-state index in [1.54, 1.807) is 30.3 Å². The third kappa shape index (κ3) is 3.61. The van der Waals surface area contributed by atoms with Gasteiger partial charge >= 0.3 is 5.97 Å². The second kappa shape index (κ2) is 6.20. The topological polar surface area (TPSA) is 37.3 Å². The van der Waals surface area contributed by atoms with E-state index < -0.39 is 18.8 Å². The molecule has 0 radical (unpaired) electrons. The molecule has 0 saturated heterocycles. The van der Waals surface area contributed by atoms with Gasteiger partial charge < -0.3 is 5.11 Å². The summed E-state index contributed by atoms with van der Waals surface area (Å²) in [7, 11) is 0. The summed E-state index contributed by atoms with van der Waals surface area (Å²) in [5.74, 6) is -1.86. The zero-order valence-corrected chi connectivity index (χ0v) is 8.77. The molecule has 0 aliphatic carbocycles. The quantitative estimate of drug-likeness (QED) is 0.812. The van der Waals surface area contributed by atoms with Crippen LogP contribution in [-0.4, -0.2) is 23.9 Å². The van der Waals surface area contributed by atoms with Gasteiger partial charge in [0, 0.05) is 0 Å². The number of alkyl halides is 2. The lowest BCUT2D eigenvalue weighted by molar-refractivity contribution is -0.143. The summed E-state index contributed by atoms with van der Waals surface area (Å²) in [5.41, 5.74) is 0.782. The van der Waals surface area contributed by atoms with E-state index in [1.807, 2.05) is 0 Å². The summed E-state index contributed by atoms with van der Waals surface area (Å²) in [6.07, 6.45) is -1.96. The second-order valence-electron chi connectivity index (χ2n) is 3.63. The maximum absolute atomic E-state index is 13.1. The summed E-state index contributed by atoms with van der Waals surface area (Å²) < 4.78 is 25.4. The third-order valence-corrected chi connectivity index (χ3v) is 2.49. The van der Waals surface area contributed by atoms with Gasteiger partial charge in [0.1, 0.15) is 0 Å². The smallest absolute Gasteiger partial charge is 0.338 e. The average Bonchev–Trinajstić information content (AvgIpc) is 2.29. The number of halogens is 2. The molecular formula is C12H14F2O2. The first-order valence-electron chi connectivity index (χ1n) is 5.13. The predicted molar refractivity (Wildman–Crippen MR) is 56.9 cm³/mol. The number of carbonyl (C=O) groups is 1. The Labute approximate surface area is 92.9 Å². The fourth-order valence-corrected chi connectivity index (χ4v) is 1.63. The molecular weight excluding hydrogens is 214 g/mol. The molecule has 0 fully saturated rings. The molecule has 0 amide bonds.